The second kappa shape index (κ2) is 66.6. The average Bonchev–Trinajstić information content (AvgIpc) is 0.831. The van der Waals surface area contributed by atoms with Gasteiger partial charge in [0.15, 0.2) is 5.96 Å². The second-order valence-corrected chi connectivity index (χ2v) is 35.0. The molecule has 0 saturated heterocycles. The van der Waals surface area contributed by atoms with Crippen LogP contribution in [0.25, 0.3) is 0 Å². The summed E-state index contributed by atoms with van der Waals surface area (Å²) in [6.45, 7) is 4.13. The number of carboxylic acid groups (broad SMARTS) is 2. The van der Waals surface area contributed by atoms with Gasteiger partial charge in [0.2, 0.25) is 118 Å². The van der Waals surface area contributed by atoms with Gasteiger partial charge in [-0.25, -0.2) is 4.79 Å². The number of rotatable bonds is 69. The van der Waals surface area contributed by atoms with Crippen LogP contribution in [-0.2, 0) is 118 Å². The number of amides is 20. The third kappa shape index (κ3) is 47.0. The molecule has 20 amide bonds. The third-order valence-corrected chi connectivity index (χ3v) is 22.0. The molecule has 0 spiro atoms. The number of carboxylic acids is 2. The Morgan fingerprint density at radius 2 is 0.664 bits per heavy atom. The predicted molar refractivity (Wildman–Crippen MR) is 513 cm³/mol. The Morgan fingerprint density at radius 1 is 0.342 bits per heavy atom. The fraction of sp³-hybridized carbons (Fsp3) is 0.607. The first-order valence-electron chi connectivity index (χ1n) is 46.8. The molecule has 146 heavy (non-hydrogen) atoms. The molecule has 0 aliphatic carbocycles. The SMILES string of the molecule is CC[C@H](C)[C@H](NC(=O)[C@@H](NC(=O)[C@H](CC(C)C)NC(=O)[C@@H](NC(=O)[C@H](Cc1ccccc1)NC(=O)[C@H](CCC(N)=O)NC(=O)[C@@H](NC(=O)CNC(=O)[C@H](CO)NC(=O)CNC(=O)[C@H](CO)NC(=O)CNC(=O)[C@H](CCCCN)NC(=O)[C@H](Cc1ccccc1)NC(=O)[C@H](CCCNC(=N)N)NC(=O)[C@H](CO)NC(=O)[C@@H](N)CO)[C@@H](C)O)[C@@H](C)O)[C@@H](C)O)C(=O)N[C@@H](CO)C(=O)N[C@@H](CC(=O)O)C(=O)N[C@H](C(=O)O)C(C)C. The van der Waals surface area contributed by atoms with Crippen LogP contribution in [-0.4, -0.2) is 374 Å². The Balaban J connectivity index is 2.30. The van der Waals surface area contributed by atoms with E-state index in [0.29, 0.717) is 17.5 Å². The highest BCUT2D eigenvalue weighted by Crippen LogP contribution is 2.16. The van der Waals surface area contributed by atoms with Gasteiger partial charge in [-0.1, -0.05) is 109 Å². The van der Waals surface area contributed by atoms with Crippen LogP contribution in [0.3, 0.4) is 0 Å². The summed E-state index contributed by atoms with van der Waals surface area (Å²) in [5.41, 5.74) is 23.0. The molecule has 0 radical (unpaired) electrons. The van der Waals surface area contributed by atoms with Gasteiger partial charge in [0.05, 0.1) is 77.4 Å². The Bertz CT molecular complexity index is 4720. The van der Waals surface area contributed by atoms with E-state index in [1.165, 1.54) is 32.9 Å². The van der Waals surface area contributed by atoms with E-state index in [9.17, 15) is 157 Å². The van der Waals surface area contributed by atoms with Gasteiger partial charge < -0.3 is 180 Å². The second-order valence-electron chi connectivity index (χ2n) is 35.0. The number of primary amides is 1. The molecule has 0 saturated carbocycles. The molecule has 0 unspecified atom stereocenters. The van der Waals surface area contributed by atoms with Gasteiger partial charge in [-0.05, 0) is 101 Å². The van der Waals surface area contributed by atoms with Crippen molar-refractivity contribution >= 4 is 136 Å². The Hall–Kier alpha value is -14.3. The van der Waals surface area contributed by atoms with Gasteiger partial charge in [0.25, 0.3) is 0 Å². The van der Waals surface area contributed by atoms with Crippen molar-refractivity contribution in [2.75, 3.05) is 65.8 Å². The van der Waals surface area contributed by atoms with Crippen LogP contribution >= 0.6 is 0 Å². The molecule has 57 nitrogen and oxygen atoms in total. The van der Waals surface area contributed by atoms with E-state index >= 15 is 0 Å². The molecular weight excluding hydrogens is 1930 g/mol. The van der Waals surface area contributed by atoms with E-state index in [0.717, 1.165) is 20.8 Å². The molecule has 2 aromatic carbocycles. The highest BCUT2D eigenvalue weighted by molar-refractivity contribution is 6.02. The first-order valence-corrected chi connectivity index (χ1v) is 46.8. The van der Waals surface area contributed by atoms with Gasteiger partial charge >= 0.3 is 11.9 Å². The minimum atomic E-state index is -2.02. The Labute approximate surface area is 839 Å². The van der Waals surface area contributed by atoms with Crippen molar-refractivity contribution in [1.29, 1.82) is 5.41 Å². The smallest absolute Gasteiger partial charge is 0.326 e. The van der Waals surface area contributed by atoms with Crippen molar-refractivity contribution in [1.82, 2.24) is 106 Å². The summed E-state index contributed by atoms with van der Waals surface area (Å²) in [7, 11) is 0. The minimum absolute atomic E-state index is 0.0160. The number of guanidine groups is 1. The molecule has 0 aromatic heterocycles. The molecule has 0 aliphatic heterocycles. The fourth-order valence-electron chi connectivity index (χ4n) is 13.6. The predicted octanol–water partition coefficient (Wildman–Crippen LogP) is -15.0. The molecule has 0 aliphatic rings. The first-order chi connectivity index (χ1) is 68.7. The number of benzene rings is 2. The molecule has 2 rings (SSSR count). The van der Waals surface area contributed by atoms with Crippen molar-refractivity contribution in [3.63, 3.8) is 0 Å². The van der Waals surface area contributed by atoms with Gasteiger partial charge in [0, 0.05) is 25.8 Å². The van der Waals surface area contributed by atoms with E-state index in [2.05, 4.69) is 106 Å². The number of hydrogen-bond donors (Lipinski definition) is 35. The maximum absolute atomic E-state index is 14.6. The monoisotopic (exact) mass is 2070 g/mol. The standard InChI is InChI=1S/C89H143N25O32/c1-10-44(6)68(84(141)109-61(41-119)83(140)106-57(33-66(127)128)81(138)111-67(43(4)5)88(145)146)112-87(144)71(47(9)122)114-79(136)54(30-42(2)3)107-86(143)70(46(8)121)113-80(137)56(32-49-22-15-12-16-23-49)105-77(134)53(26-27-62(92)123)103-85(142)69(45(7)120)110-65(126)36-98-75(132)59(39-117)100-64(125)35-97-74(131)58(38-116)99-63(124)34-96-73(130)51(24-17-18-28-90)101-78(135)55(31-48-20-13-11-14-21-48)104-76(133)52(25-19-29-95-89(93)94)102-82(139)60(40-118)108-72(129)50(91)37-115/h11-16,20-23,42-47,50-61,67-71,115-122H,10,17-19,24-41,90-91H2,1-9H3,(H2,92,123)(H,96,130)(H,97,131)(H,98,132)(H,99,124)(H,100,125)(H,101,135)(H,102,139)(H,103,142)(H,104,133)(H,105,134)(H,106,140)(H,107,143)(H,108,129)(H,109,141)(H,110,126)(H,111,138)(H,112,144)(H,113,137)(H,114,136)(H,127,128)(H,145,146)(H4,93,94,95)/t44-,45+,46+,47+,50-,51-,52-,53-,54-,55-,56-,57-,58-,59-,60-,61-,67-,68-,69-,70-,71-/m0/s1. The molecule has 0 fully saturated rings. The molecule has 2 aromatic rings. The zero-order chi connectivity index (χ0) is 110. The van der Waals surface area contributed by atoms with Crippen LogP contribution in [0.1, 0.15) is 138 Å². The lowest BCUT2D eigenvalue weighted by Gasteiger charge is -2.31. The summed E-state index contributed by atoms with van der Waals surface area (Å²) in [5, 5.41) is 155. The number of carbonyl (C=O) groups is 22. The maximum Gasteiger partial charge on any atom is 0.326 e. The highest BCUT2D eigenvalue weighted by Gasteiger charge is 2.42. The number of aliphatic hydroxyl groups excluding tert-OH is 8. The lowest BCUT2D eigenvalue weighted by Crippen LogP contribution is -2.64. The zero-order valence-electron chi connectivity index (χ0n) is 82.4. The van der Waals surface area contributed by atoms with Crippen molar-refractivity contribution < 1.29 is 157 Å². The summed E-state index contributed by atoms with van der Waals surface area (Å²) in [4.78, 5) is 297. The maximum atomic E-state index is 14.6. The molecule has 39 N–H and O–H groups in total. The summed E-state index contributed by atoms with van der Waals surface area (Å²) in [5.74, 6) is -28.8. The van der Waals surface area contributed by atoms with Gasteiger partial charge in [-0.2, -0.15) is 0 Å². The number of nitrogens with two attached hydrogens (primary N) is 4. The molecule has 57 heteroatoms. The van der Waals surface area contributed by atoms with E-state index in [-0.39, 0.29) is 58.0 Å². The molecule has 816 valence electrons. The van der Waals surface area contributed by atoms with E-state index in [1.54, 1.807) is 69.3 Å². The van der Waals surface area contributed by atoms with E-state index < -0.39 is 353 Å². The number of aliphatic hydroxyl groups is 8. The summed E-state index contributed by atoms with van der Waals surface area (Å²) in [6.07, 6.45) is -8.30. The van der Waals surface area contributed by atoms with E-state index in [1.807, 2.05) is 0 Å². The number of hydrogen-bond acceptors (Lipinski definition) is 33. The Kier molecular flexibility index (Phi) is 58.2. The molecule has 0 bridgehead atoms. The summed E-state index contributed by atoms with van der Waals surface area (Å²) >= 11 is 0. The third-order valence-electron chi connectivity index (χ3n) is 22.0. The van der Waals surface area contributed by atoms with Gasteiger partial charge in [-0.3, -0.25) is 106 Å². The number of carbonyl (C=O) groups excluding carboxylic acids is 20. The first kappa shape index (κ1) is 128. The van der Waals surface area contributed by atoms with Crippen molar-refractivity contribution in [3.8, 4) is 0 Å². The number of aliphatic carboxylic acids is 2. The van der Waals surface area contributed by atoms with Crippen molar-refractivity contribution in [2.45, 2.75) is 260 Å². The van der Waals surface area contributed by atoms with E-state index in [4.69, 9.17) is 28.3 Å². The lowest BCUT2D eigenvalue weighted by molar-refractivity contribution is -0.145. The van der Waals surface area contributed by atoms with Crippen LogP contribution in [0.5, 0.6) is 0 Å². The molecular formula is C89H143N25O32. The van der Waals surface area contributed by atoms with Crippen molar-refractivity contribution in [2.24, 2.45) is 40.7 Å². The lowest BCUT2D eigenvalue weighted by atomic mass is 9.97. The zero-order valence-corrected chi connectivity index (χ0v) is 82.4. The topological polar surface area (TPSA) is 946 Å². The number of nitrogens with one attached hydrogen (secondary N) is 21. The summed E-state index contributed by atoms with van der Waals surface area (Å²) in [6, 6.07) is -13.9. The van der Waals surface area contributed by atoms with Crippen molar-refractivity contribution in [3.05, 3.63) is 71.8 Å². The van der Waals surface area contributed by atoms with Crippen LogP contribution in [0.2, 0.25) is 0 Å². The summed E-state index contributed by atoms with van der Waals surface area (Å²) < 4.78 is 0. The van der Waals surface area contributed by atoms with Crippen LogP contribution in [0, 0.1) is 23.2 Å². The highest BCUT2D eigenvalue weighted by atomic mass is 16.4. The normalized spacial score (nSPS) is 15.4. The quantitative estimate of drug-likeness (QED) is 0.0166. The molecule has 0 heterocycles. The average molecular weight is 2080 g/mol. The largest absolute Gasteiger partial charge is 0.481 e. The Morgan fingerprint density at radius 3 is 1.06 bits per heavy atom. The number of unbranched alkanes of at least 4 members (excludes halogenated alkanes) is 1. The van der Waals surface area contributed by atoms with Crippen LogP contribution in [0.15, 0.2) is 60.7 Å². The molecule has 21 atom stereocenters. The van der Waals surface area contributed by atoms with Gasteiger partial charge in [-0.15, -0.1) is 0 Å². The fourth-order valence-corrected chi connectivity index (χ4v) is 13.6. The van der Waals surface area contributed by atoms with Gasteiger partial charge in [0.1, 0.15) is 103 Å². The minimum Gasteiger partial charge on any atom is -0.481 e. The van der Waals surface area contributed by atoms with Crippen LogP contribution < -0.4 is 129 Å². The van der Waals surface area contributed by atoms with Crippen LogP contribution in [0.4, 0.5) is 0 Å².